The molecule has 1 atom stereocenters. The first-order valence-corrected chi connectivity index (χ1v) is 7.99. The Morgan fingerprint density at radius 2 is 2.14 bits per heavy atom. The second-order valence-electron chi connectivity index (χ2n) is 4.13. The first-order valence-electron chi connectivity index (χ1n) is 5.71. The van der Waals surface area contributed by atoms with Crippen LogP contribution in [0.5, 0.6) is 0 Å². The number of carbonyl (C=O) groups is 1. The van der Waals surface area contributed by atoms with Crippen molar-refractivity contribution in [2.45, 2.75) is 17.4 Å². The quantitative estimate of drug-likeness (QED) is 0.677. The van der Waals surface area contributed by atoms with Crippen molar-refractivity contribution in [1.29, 1.82) is 0 Å². The smallest absolute Gasteiger partial charge is 0.322 e. The fourth-order valence-electron chi connectivity index (χ4n) is 1.59. The van der Waals surface area contributed by atoms with Crippen molar-refractivity contribution in [3.05, 3.63) is 41.2 Å². The summed E-state index contributed by atoms with van der Waals surface area (Å²) < 4.78 is 26.9. The zero-order chi connectivity index (χ0) is 15.5. The van der Waals surface area contributed by atoms with Crippen LogP contribution in [0.2, 0.25) is 0 Å². The lowest BCUT2D eigenvalue weighted by Gasteiger charge is -2.14. The number of pyridine rings is 1. The molecule has 0 unspecified atom stereocenters. The SMILES string of the molecule is O=C(O)[C@@H](Cc1cnc[nH]1)NS(=O)(=O)c1cncc(Br)c1. The summed E-state index contributed by atoms with van der Waals surface area (Å²) in [6.07, 6.45) is 5.35. The van der Waals surface area contributed by atoms with E-state index in [-0.39, 0.29) is 11.3 Å². The number of aromatic amines is 1. The maximum atomic E-state index is 12.2. The maximum Gasteiger partial charge on any atom is 0.322 e. The highest BCUT2D eigenvalue weighted by Crippen LogP contribution is 2.15. The summed E-state index contributed by atoms with van der Waals surface area (Å²) >= 11 is 3.11. The third-order valence-corrected chi connectivity index (χ3v) is 4.44. The third kappa shape index (κ3) is 4.09. The van der Waals surface area contributed by atoms with Crippen LogP contribution < -0.4 is 4.72 Å². The molecule has 0 amide bonds. The number of H-pyrrole nitrogens is 1. The van der Waals surface area contributed by atoms with Crippen LogP contribution in [0, 0.1) is 0 Å². The van der Waals surface area contributed by atoms with Gasteiger partial charge in [0, 0.05) is 35.2 Å². The van der Waals surface area contributed by atoms with E-state index < -0.39 is 22.0 Å². The number of nitrogens with zero attached hydrogens (tertiary/aromatic N) is 2. The van der Waals surface area contributed by atoms with E-state index in [0.717, 1.165) is 6.20 Å². The second-order valence-corrected chi connectivity index (χ2v) is 6.76. The third-order valence-electron chi connectivity index (χ3n) is 2.56. The lowest BCUT2D eigenvalue weighted by atomic mass is 10.2. The van der Waals surface area contributed by atoms with Gasteiger partial charge in [0.15, 0.2) is 0 Å². The van der Waals surface area contributed by atoms with Crippen molar-refractivity contribution in [3.63, 3.8) is 0 Å². The number of hydrogen-bond acceptors (Lipinski definition) is 5. The minimum Gasteiger partial charge on any atom is -0.480 e. The fourth-order valence-corrected chi connectivity index (χ4v) is 3.28. The molecular formula is C11H11BrN4O4S. The normalized spacial score (nSPS) is 13.0. The van der Waals surface area contributed by atoms with Gasteiger partial charge in [0.05, 0.1) is 6.33 Å². The number of nitrogens with one attached hydrogen (secondary N) is 2. The van der Waals surface area contributed by atoms with Gasteiger partial charge in [-0.15, -0.1) is 0 Å². The molecule has 2 heterocycles. The molecule has 0 bridgehead atoms. The number of halogens is 1. The molecule has 0 aromatic carbocycles. The molecule has 0 saturated carbocycles. The standard InChI is InChI=1S/C11H11BrN4O4S/c12-7-1-9(5-13-3-7)21(19,20)16-10(11(17)18)2-8-4-14-6-15-8/h1,3-6,10,16H,2H2,(H,14,15)(H,17,18)/t10-/m1/s1. The van der Waals surface area contributed by atoms with Crippen LogP contribution in [0.3, 0.4) is 0 Å². The van der Waals surface area contributed by atoms with Crippen molar-refractivity contribution in [2.75, 3.05) is 0 Å². The Morgan fingerprint density at radius 1 is 1.38 bits per heavy atom. The molecule has 2 rings (SSSR count). The molecule has 112 valence electrons. The molecule has 21 heavy (non-hydrogen) atoms. The molecule has 2 aromatic rings. The molecule has 0 aliphatic carbocycles. The van der Waals surface area contributed by atoms with Crippen molar-refractivity contribution in [2.24, 2.45) is 0 Å². The van der Waals surface area contributed by atoms with E-state index in [1.807, 2.05) is 0 Å². The molecule has 0 spiro atoms. The van der Waals surface area contributed by atoms with Crippen molar-refractivity contribution >= 4 is 31.9 Å². The summed E-state index contributed by atoms with van der Waals surface area (Å²) in [4.78, 5) is 21.3. The molecule has 0 radical (unpaired) electrons. The van der Waals surface area contributed by atoms with Crippen LogP contribution in [0.15, 0.2) is 40.4 Å². The van der Waals surface area contributed by atoms with E-state index in [9.17, 15) is 13.2 Å². The summed E-state index contributed by atoms with van der Waals surface area (Å²) in [5, 5.41) is 9.15. The fraction of sp³-hybridized carbons (Fsp3) is 0.182. The highest BCUT2D eigenvalue weighted by atomic mass is 79.9. The van der Waals surface area contributed by atoms with Gasteiger partial charge in [-0.1, -0.05) is 0 Å². The molecule has 0 aliphatic rings. The van der Waals surface area contributed by atoms with E-state index >= 15 is 0 Å². The van der Waals surface area contributed by atoms with Gasteiger partial charge in [0.2, 0.25) is 10.0 Å². The lowest BCUT2D eigenvalue weighted by molar-refractivity contribution is -0.138. The van der Waals surface area contributed by atoms with Gasteiger partial charge in [-0.3, -0.25) is 9.78 Å². The number of hydrogen-bond donors (Lipinski definition) is 3. The van der Waals surface area contributed by atoms with Gasteiger partial charge in [-0.2, -0.15) is 4.72 Å². The van der Waals surface area contributed by atoms with E-state index in [0.29, 0.717) is 10.2 Å². The molecule has 8 nitrogen and oxygen atoms in total. The number of aliphatic carboxylic acids is 1. The molecule has 0 aliphatic heterocycles. The zero-order valence-corrected chi connectivity index (χ0v) is 12.9. The minimum atomic E-state index is -3.99. The summed E-state index contributed by atoms with van der Waals surface area (Å²) in [6.45, 7) is 0. The monoisotopic (exact) mass is 374 g/mol. The Kier molecular flexibility index (Phi) is 4.70. The summed E-state index contributed by atoms with van der Waals surface area (Å²) in [5.41, 5.74) is 0.512. The molecule has 0 fully saturated rings. The van der Waals surface area contributed by atoms with Crippen molar-refractivity contribution < 1.29 is 18.3 Å². The Balaban J connectivity index is 2.21. The largest absolute Gasteiger partial charge is 0.480 e. The van der Waals surface area contributed by atoms with Gasteiger partial charge < -0.3 is 10.1 Å². The molecule has 0 saturated heterocycles. The zero-order valence-electron chi connectivity index (χ0n) is 10.5. The van der Waals surface area contributed by atoms with Crippen molar-refractivity contribution in [1.82, 2.24) is 19.7 Å². The van der Waals surface area contributed by atoms with E-state index in [4.69, 9.17) is 5.11 Å². The van der Waals surface area contributed by atoms with Crippen LogP contribution in [-0.4, -0.2) is 40.5 Å². The molecule has 2 aromatic heterocycles. The second kappa shape index (κ2) is 6.33. The van der Waals surface area contributed by atoms with Gasteiger partial charge in [-0.05, 0) is 22.0 Å². The topological polar surface area (TPSA) is 125 Å². The number of sulfonamides is 1. The van der Waals surface area contributed by atoms with Crippen LogP contribution in [-0.2, 0) is 21.2 Å². The number of aromatic nitrogens is 3. The Hall–Kier alpha value is -1.78. The molecule has 10 heteroatoms. The van der Waals surface area contributed by atoms with Crippen LogP contribution in [0.4, 0.5) is 0 Å². The predicted molar refractivity (Wildman–Crippen MR) is 76.0 cm³/mol. The van der Waals surface area contributed by atoms with Gasteiger partial charge in [0.25, 0.3) is 0 Å². The van der Waals surface area contributed by atoms with Crippen LogP contribution in [0.1, 0.15) is 5.69 Å². The van der Waals surface area contributed by atoms with Crippen molar-refractivity contribution in [3.8, 4) is 0 Å². The first-order chi connectivity index (χ1) is 9.88. The number of carboxylic acid groups (broad SMARTS) is 1. The summed E-state index contributed by atoms with van der Waals surface area (Å²) in [5.74, 6) is -1.28. The lowest BCUT2D eigenvalue weighted by Crippen LogP contribution is -2.42. The van der Waals surface area contributed by atoms with E-state index in [2.05, 4.69) is 35.6 Å². The average molecular weight is 375 g/mol. The van der Waals surface area contributed by atoms with E-state index in [1.165, 1.54) is 24.8 Å². The van der Waals surface area contributed by atoms with Gasteiger partial charge in [-0.25, -0.2) is 13.4 Å². The maximum absolute atomic E-state index is 12.2. The first kappa shape index (κ1) is 15.6. The number of rotatable bonds is 6. The molecule has 3 N–H and O–H groups in total. The predicted octanol–water partition coefficient (Wildman–Crippen LogP) is 0.541. The molecular weight excluding hydrogens is 364 g/mol. The van der Waals surface area contributed by atoms with Gasteiger partial charge in [0.1, 0.15) is 10.9 Å². The number of imidazole rings is 1. The summed E-state index contributed by atoms with van der Waals surface area (Å²) in [6, 6.07) is 0.0270. The Labute approximate surface area is 128 Å². The highest BCUT2D eigenvalue weighted by molar-refractivity contribution is 9.10. The Bertz CT molecular complexity index is 732. The van der Waals surface area contributed by atoms with Crippen LogP contribution in [0.25, 0.3) is 0 Å². The van der Waals surface area contributed by atoms with E-state index in [1.54, 1.807) is 0 Å². The van der Waals surface area contributed by atoms with Gasteiger partial charge >= 0.3 is 5.97 Å². The Morgan fingerprint density at radius 3 is 2.71 bits per heavy atom. The number of carboxylic acids is 1. The highest BCUT2D eigenvalue weighted by Gasteiger charge is 2.26. The minimum absolute atomic E-state index is 0.0456. The van der Waals surface area contributed by atoms with Crippen LogP contribution >= 0.6 is 15.9 Å². The summed E-state index contributed by atoms with van der Waals surface area (Å²) in [7, 11) is -3.99. The average Bonchev–Trinajstić information content (AvgIpc) is 2.90.